The van der Waals surface area contributed by atoms with Gasteiger partial charge in [-0.2, -0.15) is 0 Å². The number of anilines is 1. The molecule has 0 aliphatic rings. The number of rotatable bonds is 4. The van der Waals surface area contributed by atoms with Crippen molar-refractivity contribution in [2.24, 2.45) is 5.41 Å². The van der Waals surface area contributed by atoms with Crippen LogP contribution in [0.5, 0.6) is 0 Å². The van der Waals surface area contributed by atoms with Crippen molar-refractivity contribution < 1.29 is 4.74 Å². The molecule has 1 rings (SSSR count). The van der Waals surface area contributed by atoms with Crippen molar-refractivity contribution in [3.8, 4) is 0 Å². The molecule has 0 amide bonds. The van der Waals surface area contributed by atoms with Gasteiger partial charge in [0.25, 0.3) is 0 Å². The summed E-state index contributed by atoms with van der Waals surface area (Å²) in [6.07, 6.45) is 1.73. The molecule has 4 nitrogen and oxygen atoms in total. The van der Waals surface area contributed by atoms with Gasteiger partial charge in [-0.3, -0.25) is 0 Å². The van der Waals surface area contributed by atoms with Gasteiger partial charge in [0.15, 0.2) is 5.82 Å². The van der Waals surface area contributed by atoms with Crippen LogP contribution in [-0.2, 0) is 4.74 Å². The SMILES string of the molecule is CCNc1nc(C(OC)C(C)(C)C)ncc1I. The van der Waals surface area contributed by atoms with Crippen LogP contribution >= 0.6 is 22.6 Å². The molecule has 0 radical (unpaired) electrons. The van der Waals surface area contributed by atoms with Crippen molar-refractivity contribution >= 4 is 28.4 Å². The molecule has 1 aromatic rings. The standard InChI is InChI=1S/C12H20IN3O/c1-6-14-10-8(13)7-15-11(16-10)9(17-5)12(2,3)4/h7,9H,6H2,1-5H3,(H,14,15,16). The van der Waals surface area contributed by atoms with Crippen molar-refractivity contribution in [2.75, 3.05) is 19.0 Å². The quantitative estimate of drug-likeness (QED) is 0.848. The lowest BCUT2D eigenvalue weighted by Crippen LogP contribution is -2.23. The van der Waals surface area contributed by atoms with E-state index in [2.05, 4.69) is 65.6 Å². The fraction of sp³-hybridized carbons (Fsp3) is 0.667. The minimum atomic E-state index is -0.100. The van der Waals surface area contributed by atoms with Crippen molar-refractivity contribution in [2.45, 2.75) is 33.8 Å². The minimum Gasteiger partial charge on any atom is -0.373 e. The van der Waals surface area contributed by atoms with Crippen LogP contribution in [0, 0.1) is 8.99 Å². The Morgan fingerprint density at radius 3 is 2.59 bits per heavy atom. The maximum Gasteiger partial charge on any atom is 0.160 e. The number of halogens is 1. The minimum absolute atomic E-state index is 0.0228. The summed E-state index contributed by atoms with van der Waals surface area (Å²) in [5.41, 5.74) is -0.0228. The molecule has 96 valence electrons. The van der Waals surface area contributed by atoms with Gasteiger partial charge in [0.05, 0.1) is 3.57 Å². The second kappa shape index (κ2) is 5.95. The normalized spacial score (nSPS) is 13.5. The van der Waals surface area contributed by atoms with Gasteiger partial charge in [-0.15, -0.1) is 0 Å². The van der Waals surface area contributed by atoms with E-state index in [0.29, 0.717) is 0 Å². The van der Waals surface area contributed by atoms with Crippen LogP contribution < -0.4 is 5.32 Å². The Hall–Kier alpha value is -0.430. The molecular formula is C12H20IN3O. The number of nitrogens with zero attached hydrogens (tertiary/aromatic N) is 2. The summed E-state index contributed by atoms with van der Waals surface area (Å²) in [7, 11) is 1.70. The highest BCUT2D eigenvalue weighted by atomic mass is 127. The number of ether oxygens (including phenoxy) is 1. The molecule has 0 bridgehead atoms. The predicted molar refractivity (Wildman–Crippen MR) is 78.1 cm³/mol. The van der Waals surface area contributed by atoms with Gasteiger partial charge >= 0.3 is 0 Å². The maximum atomic E-state index is 5.52. The second-order valence-electron chi connectivity index (χ2n) is 4.94. The smallest absolute Gasteiger partial charge is 0.160 e. The van der Waals surface area contributed by atoms with E-state index in [4.69, 9.17) is 4.74 Å². The lowest BCUT2D eigenvalue weighted by molar-refractivity contribution is 0.00872. The van der Waals surface area contributed by atoms with E-state index < -0.39 is 0 Å². The van der Waals surface area contributed by atoms with Crippen LogP contribution in [-0.4, -0.2) is 23.6 Å². The van der Waals surface area contributed by atoms with Gasteiger partial charge < -0.3 is 10.1 Å². The number of hydrogen-bond acceptors (Lipinski definition) is 4. The average molecular weight is 349 g/mol. The third-order valence-electron chi connectivity index (χ3n) is 2.36. The van der Waals surface area contributed by atoms with Gasteiger partial charge in [0, 0.05) is 19.9 Å². The molecule has 0 fully saturated rings. The highest BCUT2D eigenvalue weighted by Gasteiger charge is 2.29. The summed E-state index contributed by atoms with van der Waals surface area (Å²) in [5.74, 6) is 1.61. The fourth-order valence-corrected chi connectivity index (χ4v) is 2.10. The molecule has 1 aromatic heterocycles. The topological polar surface area (TPSA) is 47.0 Å². The third kappa shape index (κ3) is 3.77. The second-order valence-corrected chi connectivity index (χ2v) is 6.10. The van der Waals surface area contributed by atoms with E-state index in [-0.39, 0.29) is 11.5 Å². The molecular weight excluding hydrogens is 329 g/mol. The number of hydrogen-bond donors (Lipinski definition) is 1. The molecule has 0 aliphatic carbocycles. The number of methoxy groups -OCH3 is 1. The van der Waals surface area contributed by atoms with Crippen LogP contribution in [0.25, 0.3) is 0 Å². The fourth-order valence-electron chi connectivity index (χ4n) is 1.64. The van der Waals surface area contributed by atoms with E-state index in [1.807, 2.05) is 6.20 Å². The van der Waals surface area contributed by atoms with Gasteiger partial charge in [-0.05, 0) is 34.9 Å². The van der Waals surface area contributed by atoms with Crippen LogP contribution in [0.2, 0.25) is 0 Å². The molecule has 5 heteroatoms. The summed E-state index contributed by atoms with van der Waals surface area (Å²) in [5, 5.41) is 3.23. The first-order valence-electron chi connectivity index (χ1n) is 5.69. The van der Waals surface area contributed by atoms with Crippen LogP contribution in [0.1, 0.15) is 39.6 Å². The third-order valence-corrected chi connectivity index (χ3v) is 3.15. The largest absolute Gasteiger partial charge is 0.373 e. The summed E-state index contributed by atoms with van der Waals surface area (Å²) in [4.78, 5) is 8.92. The predicted octanol–water partition coefficient (Wildman–Crippen LogP) is 3.25. The molecule has 1 heterocycles. The molecule has 0 saturated heterocycles. The van der Waals surface area contributed by atoms with E-state index in [1.54, 1.807) is 7.11 Å². The Bertz CT molecular complexity index is 377. The molecule has 17 heavy (non-hydrogen) atoms. The van der Waals surface area contributed by atoms with Crippen LogP contribution in [0.15, 0.2) is 6.20 Å². The summed E-state index contributed by atoms with van der Waals surface area (Å²) < 4.78 is 6.54. The van der Waals surface area contributed by atoms with Crippen LogP contribution in [0.4, 0.5) is 5.82 Å². The first-order chi connectivity index (χ1) is 7.90. The van der Waals surface area contributed by atoms with Gasteiger partial charge in [0.1, 0.15) is 11.9 Å². The molecule has 0 saturated carbocycles. The van der Waals surface area contributed by atoms with E-state index in [0.717, 1.165) is 21.8 Å². The lowest BCUT2D eigenvalue weighted by atomic mass is 9.88. The Morgan fingerprint density at radius 2 is 2.12 bits per heavy atom. The number of aromatic nitrogens is 2. The zero-order chi connectivity index (χ0) is 13.1. The molecule has 0 aromatic carbocycles. The van der Waals surface area contributed by atoms with Crippen molar-refractivity contribution in [1.29, 1.82) is 0 Å². The first kappa shape index (κ1) is 14.6. The van der Waals surface area contributed by atoms with Gasteiger partial charge in [-0.25, -0.2) is 9.97 Å². The summed E-state index contributed by atoms with van der Waals surface area (Å²) >= 11 is 2.23. The monoisotopic (exact) mass is 349 g/mol. The zero-order valence-corrected chi connectivity index (χ0v) is 13.2. The lowest BCUT2D eigenvalue weighted by Gasteiger charge is -2.28. The van der Waals surface area contributed by atoms with Gasteiger partial charge in [-0.1, -0.05) is 20.8 Å². The molecule has 1 unspecified atom stereocenters. The number of nitrogens with one attached hydrogen (secondary N) is 1. The molecule has 0 aliphatic heterocycles. The molecule has 0 spiro atoms. The molecule has 1 N–H and O–H groups in total. The summed E-state index contributed by atoms with van der Waals surface area (Å²) in [6.45, 7) is 9.26. The Labute approximate surface area is 117 Å². The van der Waals surface area contributed by atoms with Gasteiger partial charge in [0.2, 0.25) is 0 Å². The highest BCUT2D eigenvalue weighted by Crippen LogP contribution is 2.34. The first-order valence-corrected chi connectivity index (χ1v) is 6.77. The van der Waals surface area contributed by atoms with E-state index >= 15 is 0 Å². The Balaban J connectivity index is 3.09. The zero-order valence-electron chi connectivity index (χ0n) is 11.0. The van der Waals surface area contributed by atoms with Crippen molar-refractivity contribution in [3.05, 3.63) is 15.6 Å². The summed E-state index contributed by atoms with van der Waals surface area (Å²) in [6, 6.07) is 0. The van der Waals surface area contributed by atoms with E-state index in [9.17, 15) is 0 Å². The highest BCUT2D eigenvalue weighted by molar-refractivity contribution is 14.1. The maximum absolute atomic E-state index is 5.52. The van der Waals surface area contributed by atoms with E-state index in [1.165, 1.54) is 0 Å². The van der Waals surface area contributed by atoms with Crippen molar-refractivity contribution in [1.82, 2.24) is 9.97 Å². The van der Waals surface area contributed by atoms with Crippen molar-refractivity contribution in [3.63, 3.8) is 0 Å². The van der Waals surface area contributed by atoms with Crippen LogP contribution in [0.3, 0.4) is 0 Å². The average Bonchev–Trinajstić information content (AvgIpc) is 2.22. The molecule has 1 atom stereocenters. The Morgan fingerprint density at radius 1 is 1.47 bits per heavy atom. The Kier molecular flexibility index (Phi) is 5.12.